The molecule has 2 aliphatic heterocycles. The molecule has 0 N–H and O–H groups in total. The molecule has 0 aromatic heterocycles. The molecule has 0 saturated carbocycles. The van der Waals surface area contributed by atoms with Crippen LogP contribution in [0.5, 0.6) is 11.5 Å². The maximum absolute atomic E-state index is 13.6. The summed E-state index contributed by atoms with van der Waals surface area (Å²) < 4.78 is 13.3. The Morgan fingerprint density at radius 1 is 0.689 bits per heavy atom. The Balaban J connectivity index is 1.51. The van der Waals surface area contributed by atoms with Crippen molar-refractivity contribution in [2.75, 3.05) is 29.1 Å². The van der Waals surface area contributed by atoms with Gasteiger partial charge >= 0.3 is 5.97 Å². The average Bonchev–Trinajstić information content (AvgIpc) is 3.36. The van der Waals surface area contributed by atoms with Gasteiger partial charge in [-0.1, -0.05) is 53.6 Å². The number of hydrogen-bond donors (Lipinski definition) is 0. The number of rotatable bonds is 7. The summed E-state index contributed by atoms with van der Waals surface area (Å²) in [6.07, 6.45) is 2.09. The number of carbonyl (C=O) groups excluding carboxylic acids is 1. The van der Waals surface area contributed by atoms with Gasteiger partial charge in [0.1, 0.15) is 11.5 Å². The van der Waals surface area contributed by atoms with Crippen molar-refractivity contribution in [3.05, 3.63) is 137 Å². The first-order valence-electron chi connectivity index (χ1n) is 15.4. The molecular formula is C39H36N2O3S. The predicted molar refractivity (Wildman–Crippen MR) is 184 cm³/mol. The van der Waals surface area contributed by atoms with Gasteiger partial charge in [0, 0.05) is 57.8 Å². The summed E-state index contributed by atoms with van der Waals surface area (Å²) in [5.74, 6) is 1.05. The van der Waals surface area contributed by atoms with E-state index < -0.39 is 5.60 Å². The topological polar surface area (TPSA) is 42.0 Å². The number of thioether (sulfide) groups is 1. The molecule has 6 heteroatoms. The van der Waals surface area contributed by atoms with E-state index in [1.54, 1.807) is 11.8 Å². The SMILES string of the molecule is CCN(CC)c1ccc2c(c1)Oc1cc(SC)c(N(c3ccc(C)cc3)c3ccc(C)cc3)cc1C21OC(=O)c2ccccc21. The van der Waals surface area contributed by atoms with Gasteiger partial charge in [-0.05, 0) is 88.5 Å². The van der Waals surface area contributed by atoms with Crippen molar-refractivity contribution >= 4 is 40.5 Å². The molecule has 1 unspecified atom stereocenters. The first-order valence-corrected chi connectivity index (χ1v) is 16.7. The molecule has 2 heterocycles. The van der Waals surface area contributed by atoms with Crippen LogP contribution in [0.3, 0.4) is 0 Å². The third-order valence-corrected chi connectivity index (χ3v) is 9.72. The number of aryl methyl sites for hydroxylation is 2. The number of nitrogens with zero attached hydrogens (tertiary/aromatic N) is 2. The van der Waals surface area contributed by atoms with Gasteiger partial charge in [-0.25, -0.2) is 4.79 Å². The van der Waals surface area contributed by atoms with Gasteiger partial charge in [0.15, 0.2) is 5.60 Å². The van der Waals surface area contributed by atoms with Crippen LogP contribution in [0.4, 0.5) is 22.7 Å². The minimum Gasteiger partial charge on any atom is -0.456 e. The molecular weight excluding hydrogens is 577 g/mol. The molecule has 0 saturated heterocycles. The molecule has 7 rings (SSSR count). The highest BCUT2D eigenvalue weighted by molar-refractivity contribution is 7.98. The first-order chi connectivity index (χ1) is 21.9. The Kier molecular flexibility index (Phi) is 7.33. The summed E-state index contributed by atoms with van der Waals surface area (Å²) in [4.78, 5) is 19.2. The molecule has 1 atom stereocenters. The Morgan fingerprint density at radius 3 is 1.91 bits per heavy atom. The molecule has 5 aromatic carbocycles. The van der Waals surface area contributed by atoms with Crippen molar-refractivity contribution < 1.29 is 14.3 Å². The van der Waals surface area contributed by atoms with Crippen molar-refractivity contribution in [3.63, 3.8) is 0 Å². The van der Waals surface area contributed by atoms with E-state index in [1.807, 2.05) is 24.3 Å². The minimum atomic E-state index is -1.16. The molecule has 0 fully saturated rings. The van der Waals surface area contributed by atoms with Crippen LogP contribution in [0.15, 0.2) is 108 Å². The van der Waals surface area contributed by atoms with Gasteiger partial charge in [-0.3, -0.25) is 0 Å². The summed E-state index contributed by atoms with van der Waals surface area (Å²) in [7, 11) is 0. The summed E-state index contributed by atoms with van der Waals surface area (Å²) in [5.41, 5.74) is 8.41. The Hall–Kier alpha value is -4.68. The summed E-state index contributed by atoms with van der Waals surface area (Å²) in [5, 5.41) is 0. The van der Waals surface area contributed by atoms with E-state index in [2.05, 4.69) is 123 Å². The van der Waals surface area contributed by atoms with E-state index in [0.29, 0.717) is 17.1 Å². The van der Waals surface area contributed by atoms with E-state index in [4.69, 9.17) is 9.47 Å². The second-order valence-corrected chi connectivity index (χ2v) is 12.4. The average molecular weight is 613 g/mol. The number of fused-ring (bicyclic) bond motifs is 6. The Labute approximate surface area is 269 Å². The molecule has 0 radical (unpaired) electrons. The van der Waals surface area contributed by atoms with Gasteiger partial charge < -0.3 is 19.3 Å². The van der Waals surface area contributed by atoms with Crippen molar-refractivity contribution in [1.82, 2.24) is 0 Å². The van der Waals surface area contributed by atoms with Crippen molar-refractivity contribution in [1.29, 1.82) is 0 Å². The van der Waals surface area contributed by atoms with E-state index in [-0.39, 0.29) is 5.97 Å². The van der Waals surface area contributed by atoms with Gasteiger partial charge in [0.25, 0.3) is 0 Å². The van der Waals surface area contributed by atoms with Gasteiger partial charge in [0.2, 0.25) is 0 Å². The Bertz CT molecular complexity index is 1870. The number of ether oxygens (including phenoxy) is 2. The van der Waals surface area contributed by atoms with Crippen LogP contribution < -0.4 is 14.5 Å². The summed E-state index contributed by atoms with van der Waals surface area (Å²) >= 11 is 1.67. The lowest BCUT2D eigenvalue weighted by atomic mass is 9.77. The van der Waals surface area contributed by atoms with Crippen LogP contribution in [0.25, 0.3) is 0 Å². The lowest BCUT2D eigenvalue weighted by Crippen LogP contribution is -2.33. The van der Waals surface area contributed by atoms with Crippen LogP contribution >= 0.6 is 11.8 Å². The maximum Gasteiger partial charge on any atom is 0.340 e. The van der Waals surface area contributed by atoms with E-state index >= 15 is 0 Å². The lowest BCUT2D eigenvalue weighted by Gasteiger charge is -2.38. The fraction of sp³-hybridized carbons (Fsp3) is 0.205. The highest BCUT2D eigenvalue weighted by Crippen LogP contribution is 2.58. The second kappa shape index (κ2) is 11.4. The van der Waals surface area contributed by atoms with Gasteiger partial charge in [0.05, 0.1) is 11.3 Å². The van der Waals surface area contributed by atoms with Crippen LogP contribution in [0.1, 0.15) is 52.0 Å². The molecule has 5 aromatic rings. The smallest absolute Gasteiger partial charge is 0.340 e. The summed E-state index contributed by atoms with van der Waals surface area (Å²) in [6, 6.07) is 35.4. The van der Waals surface area contributed by atoms with Crippen LogP contribution in [-0.2, 0) is 10.3 Å². The van der Waals surface area contributed by atoms with Crippen molar-refractivity contribution in [2.24, 2.45) is 0 Å². The van der Waals surface area contributed by atoms with Crippen LogP contribution in [0.2, 0.25) is 0 Å². The molecule has 1 spiro atoms. The van der Waals surface area contributed by atoms with Crippen LogP contribution in [-0.4, -0.2) is 25.3 Å². The third-order valence-electron chi connectivity index (χ3n) is 8.95. The molecule has 226 valence electrons. The third kappa shape index (κ3) is 4.67. The second-order valence-electron chi connectivity index (χ2n) is 11.6. The van der Waals surface area contributed by atoms with Crippen LogP contribution in [0, 0.1) is 13.8 Å². The number of esters is 1. The van der Waals surface area contributed by atoms with Crippen molar-refractivity contribution in [3.8, 4) is 11.5 Å². The fourth-order valence-electron chi connectivity index (χ4n) is 6.62. The number of carbonyl (C=O) groups is 1. The normalized spacial score (nSPS) is 16.0. The molecule has 0 amide bonds. The molecule has 45 heavy (non-hydrogen) atoms. The highest BCUT2D eigenvalue weighted by atomic mass is 32.2. The maximum atomic E-state index is 13.6. The molecule has 0 bridgehead atoms. The number of hydrogen-bond acceptors (Lipinski definition) is 6. The van der Waals surface area contributed by atoms with E-state index in [0.717, 1.165) is 57.4 Å². The molecule has 2 aliphatic rings. The first kappa shape index (κ1) is 29.1. The van der Waals surface area contributed by atoms with Gasteiger partial charge in [-0.2, -0.15) is 0 Å². The zero-order chi connectivity index (χ0) is 31.3. The van der Waals surface area contributed by atoms with Gasteiger partial charge in [-0.15, -0.1) is 11.8 Å². The molecule has 0 aliphatic carbocycles. The summed E-state index contributed by atoms with van der Waals surface area (Å²) in [6.45, 7) is 10.3. The zero-order valence-electron chi connectivity index (χ0n) is 26.3. The van der Waals surface area contributed by atoms with Crippen molar-refractivity contribution in [2.45, 2.75) is 38.2 Å². The molecule has 5 nitrogen and oxygen atoms in total. The largest absolute Gasteiger partial charge is 0.456 e. The van der Waals surface area contributed by atoms with E-state index in [1.165, 1.54) is 11.1 Å². The lowest BCUT2D eigenvalue weighted by molar-refractivity contribution is 0.0224. The predicted octanol–water partition coefficient (Wildman–Crippen LogP) is 9.91. The monoisotopic (exact) mass is 612 g/mol. The minimum absolute atomic E-state index is 0.332. The Morgan fingerprint density at radius 2 is 1.29 bits per heavy atom. The van der Waals surface area contributed by atoms with E-state index in [9.17, 15) is 4.79 Å². The number of anilines is 4. The highest BCUT2D eigenvalue weighted by Gasteiger charge is 2.54. The number of benzene rings is 5. The quantitative estimate of drug-likeness (QED) is 0.135. The zero-order valence-corrected chi connectivity index (χ0v) is 27.1. The fourth-order valence-corrected chi connectivity index (χ4v) is 7.20. The standard InChI is InChI=1S/C39H36N2O3S/c1-6-40(7-2)29-20-21-32-35(22-29)43-36-24-37(45-5)34(23-33(36)39(32)31-11-9-8-10-30(31)38(42)44-39)41(27-16-12-25(3)13-17-27)28-18-14-26(4)15-19-28/h8-24H,6-7H2,1-5H3.